The molecule has 1 unspecified atom stereocenters. The lowest BCUT2D eigenvalue weighted by molar-refractivity contribution is -0.281. The molecule has 9 nitrogen and oxygen atoms in total. The fourth-order valence-electron chi connectivity index (χ4n) is 1.51. The van der Waals surface area contributed by atoms with Gasteiger partial charge in [-0.25, -0.2) is 20.0 Å². The summed E-state index contributed by atoms with van der Waals surface area (Å²) >= 11 is 0. The topological polar surface area (TPSA) is 126 Å². The van der Waals surface area contributed by atoms with Gasteiger partial charge < -0.3 is 4.74 Å². The average Bonchev–Trinajstić information content (AvgIpc) is 2.51. The van der Waals surface area contributed by atoms with Crippen LogP contribution in [0.25, 0.3) is 0 Å². The zero-order chi connectivity index (χ0) is 15.7. The first-order chi connectivity index (χ1) is 10.1. The van der Waals surface area contributed by atoms with Crippen LogP contribution in [0.15, 0.2) is 24.3 Å². The van der Waals surface area contributed by atoms with Crippen LogP contribution < -0.4 is 10.9 Å². The first-order valence-corrected chi connectivity index (χ1v) is 5.89. The minimum absolute atomic E-state index is 0.0223. The molecule has 0 aliphatic heterocycles. The van der Waals surface area contributed by atoms with E-state index in [0.717, 1.165) is 7.11 Å². The zero-order valence-electron chi connectivity index (χ0n) is 11.2. The second-order valence-electron chi connectivity index (χ2n) is 3.98. The van der Waals surface area contributed by atoms with Gasteiger partial charge in [0, 0.05) is 0 Å². The fraction of sp³-hybridized carbons (Fsp3) is 0.333. The average molecular weight is 300 g/mol. The Balaban J connectivity index is 2.57. The highest BCUT2D eigenvalue weighted by molar-refractivity contribution is 5.79. The Morgan fingerprint density at radius 2 is 1.86 bits per heavy atom. The Labute approximate surface area is 120 Å². The van der Waals surface area contributed by atoms with Gasteiger partial charge in [-0.3, -0.25) is 20.7 Å². The number of carbonyl (C=O) groups is 2. The first kappa shape index (κ1) is 16.9. The highest BCUT2D eigenvalue weighted by atomic mass is 17.1. The van der Waals surface area contributed by atoms with Crippen molar-refractivity contribution in [3.63, 3.8) is 0 Å². The number of carbonyl (C=O) groups excluding carboxylic acids is 2. The maximum atomic E-state index is 11.5. The molecule has 0 aromatic heterocycles. The van der Waals surface area contributed by atoms with E-state index in [1.165, 1.54) is 0 Å². The first-order valence-electron chi connectivity index (χ1n) is 5.89. The molecular formula is C12H16N2O7. The third kappa shape index (κ3) is 5.75. The number of hydrogen-bond acceptors (Lipinski definition) is 7. The molecule has 116 valence electrons. The summed E-state index contributed by atoms with van der Waals surface area (Å²) in [4.78, 5) is 30.6. The lowest BCUT2D eigenvalue weighted by Crippen LogP contribution is -2.42. The molecule has 0 heterocycles. The SMILES string of the molecule is COC(=O)NNC(=O)CC(OO)c1ccc(COO)cc1. The van der Waals surface area contributed by atoms with Gasteiger partial charge in [-0.05, 0) is 11.1 Å². The molecule has 0 bridgehead atoms. The van der Waals surface area contributed by atoms with E-state index in [-0.39, 0.29) is 13.0 Å². The summed E-state index contributed by atoms with van der Waals surface area (Å²) in [6.45, 7) is 0.0223. The van der Waals surface area contributed by atoms with Crippen molar-refractivity contribution in [1.29, 1.82) is 0 Å². The molecule has 1 atom stereocenters. The van der Waals surface area contributed by atoms with E-state index in [1.54, 1.807) is 24.3 Å². The molecular weight excluding hydrogens is 284 g/mol. The minimum Gasteiger partial charge on any atom is -0.452 e. The van der Waals surface area contributed by atoms with E-state index >= 15 is 0 Å². The molecule has 0 saturated carbocycles. The predicted octanol–water partition coefficient (Wildman–Crippen LogP) is 0.984. The molecule has 9 heteroatoms. The van der Waals surface area contributed by atoms with Crippen LogP contribution >= 0.6 is 0 Å². The van der Waals surface area contributed by atoms with Crippen molar-refractivity contribution < 1.29 is 34.6 Å². The van der Waals surface area contributed by atoms with Crippen molar-refractivity contribution in [2.24, 2.45) is 0 Å². The van der Waals surface area contributed by atoms with Crippen LogP contribution in [0.5, 0.6) is 0 Å². The molecule has 2 amide bonds. The van der Waals surface area contributed by atoms with Crippen molar-refractivity contribution in [2.75, 3.05) is 7.11 Å². The Hall–Kier alpha value is -2.20. The van der Waals surface area contributed by atoms with Crippen LogP contribution in [0.3, 0.4) is 0 Å². The molecule has 1 rings (SSSR count). The van der Waals surface area contributed by atoms with Crippen LogP contribution in [0, 0.1) is 0 Å². The summed E-state index contributed by atoms with van der Waals surface area (Å²) in [5.74, 6) is -0.581. The van der Waals surface area contributed by atoms with E-state index in [9.17, 15) is 9.59 Å². The molecule has 21 heavy (non-hydrogen) atoms. The van der Waals surface area contributed by atoms with Crippen molar-refractivity contribution in [3.05, 3.63) is 35.4 Å². The fourth-order valence-corrected chi connectivity index (χ4v) is 1.51. The van der Waals surface area contributed by atoms with Crippen LogP contribution in [0.4, 0.5) is 4.79 Å². The van der Waals surface area contributed by atoms with E-state index in [0.29, 0.717) is 11.1 Å². The number of methoxy groups -OCH3 is 1. The van der Waals surface area contributed by atoms with Crippen LogP contribution in [-0.2, 0) is 25.9 Å². The number of ether oxygens (including phenoxy) is 1. The predicted molar refractivity (Wildman–Crippen MR) is 68.6 cm³/mol. The second kappa shape index (κ2) is 8.87. The smallest absolute Gasteiger partial charge is 0.425 e. The van der Waals surface area contributed by atoms with Crippen molar-refractivity contribution in [3.8, 4) is 0 Å². The van der Waals surface area contributed by atoms with Gasteiger partial charge in [0.25, 0.3) is 0 Å². The molecule has 0 spiro atoms. The molecule has 1 aromatic rings. The molecule has 0 fully saturated rings. The Morgan fingerprint density at radius 3 is 2.38 bits per heavy atom. The van der Waals surface area contributed by atoms with Crippen LogP contribution in [0.2, 0.25) is 0 Å². The van der Waals surface area contributed by atoms with Crippen LogP contribution in [0.1, 0.15) is 23.7 Å². The van der Waals surface area contributed by atoms with Gasteiger partial charge >= 0.3 is 6.09 Å². The number of hydrogen-bond donors (Lipinski definition) is 4. The van der Waals surface area contributed by atoms with Crippen molar-refractivity contribution >= 4 is 12.0 Å². The van der Waals surface area contributed by atoms with Gasteiger partial charge in [0.2, 0.25) is 5.91 Å². The van der Waals surface area contributed by atoms with Gasteiger partial charge in [0.05, 0.1) is 13.5 Å². The monoisotopic (exact) mass is 300 g/mol. The summed E-state index contributed by atoms with van der Waals surface area (Å²) in [7, 11) is 1.15. The van der Waals surface area contributed by atoms with Gasteiger partial charge in [0.1, 0.15) is 12.7 Å². The Bertz CT molecular complexity index is 463. The molecule has 0 saturated heterocycles. The minimum atomic E-state index is -0.909. The summed E-state index contributed by atoms with van der Waals surface area (Å²) in [5, 5.41) is 17.2. The van der Waals surface area contributed by atoms with E-state index < -0.39 is 18.1 Å². The number of amides is 2. The Kier molecular flexibility index (Phi) is 7.12. The van der Waals surface area contributed by atoms with Crippen molar-refractivity contribution in [2.45, 2.75) is 19.1 Å². The van der Waals surface area contributed by atoms with Gasteiger partial charge in [0.15, 0.2) is 0 Å². The number of nitrogens with one attached hydrogen (secondary N) is 2. The highest BCUT2D eigenvalue weighted by Crippen LogP contribution is 2.20. The second-order valence-corrected chi connectivity index (χ2v) is 3.98. The van der Waals surface area contributed by atoms with Crippen molar-refractivity contribution in [1.82, 2.24) is 10.9 Å². The largest absolute Gasteiger partial charge is 0.452 e. The third-order valence-corrected chi connectivity index (χ3v) is 2.57. The van der Waals surface area contributed by atoms with E-state index in [1.807, 2.05) is 5.43 Å². The van der Waals surface area contributed by atoms with Gasteiger partial charge in [-0.2, -0.15) is 0 Å². The third-order valence-electron chi connectivity index (χ3n) is 2.57. The Morgan fingerprint density at radius 1 is 1.19 bits per heavy atom. The molecule has 4 N–H and O–H groups in total. The molecule has 1 aromatic carbocycles. The number of rotatable bonds is 6. The lowest BCUT2D eigenvalue weighted by Gasteiger charge is -2.14. The molecule has 0 aliphatic carbocycles. The lowest BCUT2D eigenvalue weighted by atomic mass is 10.0. The van der Waals surface area contributed by atoms with E-state index in [4.69, 9.17) is 10.5 Å². The van der Waals surface area contributed by atoms with E-state index in [2.05, 4.69) is 19.9 Å². The normalized spacial score (nSPS) is 11.6. The summed E-state index contributed by atoms with van der Waals surface area (Å²) in [5.41, 5.74) is 5.33. The van der Waals surface area contributed by atoms with Gasteiger partial charge in [-0.1, -0.05) is 24.3 Å². The van der Waals surface area contributed by atoms with Crippen LogP contribution in [-0.4, -0.2) is 29.6 Å². The summed E-state index contributed by atoms with van der Waals surface area (Å²) in [6, 6.07) is 6.50. The standard InChI is InChI=1S/C12H16N2O7/c1-19-12(16)14-13-11(15)6-10(21-18)9-4-2-8(3-5-9)7-20-17/h2-5,10,17-18H,6-7H2,1H3,(H,13,15)(H,14,16). The molecule has 0 radical (unpaired) electrons. The molecule has 0 aliphatic rings. The quantitative estimate of drug-likeness (QED) is 0.455. The highest BCUT2D eigenvalue weighted by Gasteiger charge is 2.17. The number of hydrazine groups is 1. The maximum Gasteiger partial charge on any atom is 0.425 e. The summed E-state index contributed by atoms with van der Waals surface area (Å²) < 4.78 is 4.28. The summed E-state index contributed by atoms with van der Waals surface area (Å²) in [6.07, 6.45) is -1.96. The zero-order valence-corrected chi connectivity index (χ0v) is 11.2. The van der Waals surface area contributed by atoms with Gasteiger partial charge in [-0.15, -0.1) is 0 Å². The maximum absolute atomic E-state index is 11.5. The number of benzene rings is 1.